The summed E-state index contributed by atoms with van der Waals surface area (Å²) >= 11 is 0. The molecule has 1 rings (SSSR count). The summed E-state index contributed by atoms with van der Waals surface area (Å²) in [4.78, 5) is 0. The fourth-order valence-electron chi connectivity index (χ4n) is 0.250. The molecule has 0 aromatic heterocycles. The third kappa shape index (κ3) is 2.15. The second-order valence-electron chi connectivity index (χ2n) is 1.41. The third-order valence-electron chi connectivity index (χ3n) is 1.000. The van der Waals surface area contributed by atoms with Gasteiger partial charge in [-0.05, 0) is 0 Å². The maximum absolute atomic E-state index is 1.50. The first-order valence-electron chi connectivity index (χ1n) is 2.00. The first kappa shape index (κ1) is 9.31. The van der Waals surface area contributed by atoms with Gasteiger partial charge in [0.25, 0.3) is 0 Å². The fraction of sp³-hybridized carbons (Fsp3) is 1.00. The zero-order valence-electron chi connectivity index (χ0n) is 3.94. The van der Waals surface area contributed by atoms with E-state index in [0.29, 0.717) is 0 Å². The second kappa shape index (κ2) is 4.89. The van der Waals surface area contributed by atoms with E-state index in [1.807, 2.05) is 0 Å². The maximum atomic E-state index is 1.50. The van der Waals surface area contributed by atoms with Crippen LogP contribution in [-0.4, -0.2) is 0 Å². The Labute approximate surface area is 37.7 Å². The van der Waals surface area contributed by atoms with Crippen LogP contribution < -0.4 is 6.15 Å². The van der Waals surface area contributed by atoms with Gasteiger partial charge in [0.2, 0.25) is 0 Å². The van der Waals surface area contributed by atoms with Gasteiger partial charge in [-0.2, -0.15) is 0 Å². The Morgan fingerprint density at radius 3 is 0.833 bits per heavy atom. The Balaban J connectivity index is 0. The fourth-order valence-corrected chi connectivity index (χ4v) is 0.250. The van der Waals surface area contributed by atoms with E-state index in [2.05, 4.69) is 0 Å². The quantitative estimate of drug-likeness (QED) is 0.487. The predicted molar refractivity (Wildman–Crippen MR) is 26.0 cm³/mol. The molecule has 1 fully saturated rings. The maximum Gasteiger partial charge on any atom is -0.0533 e. The zero-order chi connectivity index (χ0) is 2.83. The SMILES string of the molecule is C1CCC1.F.N. The minimum absolute atomic E-state index is 0. The van der Waals surface area contributed by atoms with Crippen molar-refractivity contribution in [2.24, 2.45) is 0 Å². The van der Waals surface area contributed by atoms with E-state index in [0.717, 1.165) is 0 Å². The largest absolute Gasteiger partial charge is 0.344 e. The summed E-state index contributed by atoms with van der Waals surface area (Å²) in [5.41, 5.74) is 0. The summed E-state index contributed by atoms with van der Waals surface area (Å²) in [5.74, 6) is 0. The molecule has 2 heteroatoms. The van der Waals surface area contributed by atoms with Crippen molar-refractivity contribution >= 4 is 0 Å². The summed E-state index contributed by atoms with van der Waals surface area (Å²) < 4.78 is 0. The lowest BCUT2D eigenvalue weighted by atomic mass is 10.0. The summed E-state index contributed by atoms with van der Waals surface area (Å²) in [5, 5.41) is 0. The van der Waals surface area contributed by atoms with Crippen LogP contribution in [0, 0.1) is 0 Å². The van der Waals surface area contributed by atoms with E-state index in [4.69, 9.17) is 0 Å². The van der Waals surface area contributed by atoms with Crippen molar-refractivity contribution in [1.82, 2.24) is 6.15 Å². The molecule has 0 heterocycles. The third-order valence-corrected chi connectivity index (χ3v) is 1.000. The highest BCUT2D eigenvalue weighted by Crippen LogP contribution is 2.15. The van der Waals surface area contributed by atoms with Crippen molar-refractivity contribution in [1.29, 1.82) is 0 Å². The highest BCUT2D eigenvalue weighted by Gasteiger charge is 1.95. The van der Waals surface area contributed by atoms with Gasteiger partial charge in [0.05, 0.1) is 0 Å². The average molecular weight is 93.1 g/mol. The summed E-state index contributed by atoms with van der Waals surface area (Å²) in [6.45, 7) is 0. The molecule has 1 aliphatic rings. The number of hydrogen-bond donors (Lipinski definition) is 1. The molecule has 0 amide bonds. The lowest BCUT2D eigenvalue weighted by Gasteiger charge is -2.05. The topological polar surface area (TPSA) is 35.0 Å². The molecular formula is C4H12FN. The van der Waals surface area contributed by atoms with Crippen LogP contribution in [0.5, 0.6) is 0 Å². The van der Waals surface area contributed by atoms with E-state index < -0.39 is 0 Å². The van der Waals surface area contributed by atoms with Crippen LogP contribution in [0.3, 0.4) is 0 Å². The predicted octanol–water partition coefficient (Wildman–Crippen LogP) is 1.87. The molecule has 1 saturated carbocycles. The molecule has 0 bridgehead atoms. The van der Waals surface area contributed by atoms with Crippen LogP contribution in [0.1, 0.15) is 25.7 Å². The Kier molecular flexibility index (Phi) is 7.59. The van der Waals surface area contributed by atoms with E-state index in [9.17, 15) is 0 Å². The Morgan fingerprint density at radius 2 is 0.833 bits per heavy atom. The van der Waals surface area contributed by atoms with Crippen molar-refractivity contribution in [3.63, 3.8) is 0 Å². The first-order chi connectivity index (χ1) is 2.00. The van der Waals surface area contributed by atoms with Gasteiger partial charge < -0.3 is 6.15 Å². The second-order valence-corrected chi connectivity index (χ2v) is 1.41. The van der Waals surface area contributed by atoms with Crippen molar-refractivity contribution in [3.05, 3.63) is 0 Å². The Bertz CT molecular complexity index is 15.5. The van der Waals surface area contributed by atoms with Gasteiger partial charge in [-0.3, -0.25) is 4.70 Å². The summed E-state index contributed by atoms with van der Waals surface area (Å²) in [7, 11) is 0. The molecular weight excluding hydrogens is 81.0 g/mol. The van der Waals surface area contributed by atoms with Crippen LogP contribution in [0.2, 0.25) is 0 Å². The molecule has 6 heavy (non-hydrogen) atoms. The van der Waals surface area contributed by atoms with E-state index >= 15 is 0 Å². The molecule has 0 aromatic rings. The lowest BCUT2D eigenvalue weighted by Crippen LogP contribution is -1.85. The first-order valence-corrected chi connectivity index (χ1v) is 2.00. The molecule has 0 aliphatic heterocycles. The molecule has 0 spiro atoms. The van der Waals surface area contributed by atoms with Crippen molar-refractivity contribution < 1.29 is 4.70 Å². The molecule has 1 aliphatic carbocycles. The van der Waals surface area contributed by atoms with Crippen LogP contribution in [0.15, 0.2) is 0 Å². The number of hydrogen-bond acceptors (Lipinski definition) is 1. The highest BCUT2D eigenvalue weighted by atomic mass is 19.0. The Hall–Kier alpha value is -0.110. The van der Waals surface area contributed by atoms with Crippen LogP contribution >= 0.6 is 0 Å². The Morgan fingerprint density at radius 1 is 0.667 bits per heavy atom. The van der Waals surface area contributed by atoms with Crippen LogP contribution in [0.25, 0.3) is 0 Å². The van der Waals surface area contributed by atoms with Gasteiger partial charge >= 0.3 is 0 Å². The van der Waals surface area contributed by atoms with E-state index in [1.54, 1.807) is 0 Å². The smallest absolute Gasteiger partial charge is 0.0533 e. The average Bonchev–Trinajstić information content (AvgIpc) is 0.722. The van der Waals surface area contributed by atoms with Gasteiger partial charge in [0.15, 0.2) is 0 Å². The molecule has 40 valence electrons. The standard InChI is InChI=1S/C4H8.FH.H3N/c1-2-4-3-1;;/h1-4H2;1H;1H3. The zero-order valence-corrected chi connectivity index (χ0v) is 3.94. The summed E-state index contributed by atoms with van der Waals surface area (Å²) in [6.07, 6.45) is 6.00. The normalized spacial score (nSPS) is 16.0. The minimum atomic E-state index is 0. The molecule has 3 N–H and O–H groups in total. The molecule has 0 unspecified atom stereocenters. The van der Waals surface area contributed by atoms with Gasteiger partial charge in [-0.1, -0.05) is 25.7 Å². The number of rotatable bonds is 0. The van der Waals surface area contributed by atoms with Crippen LogP contribution in [-0.2, 0) is 0 Å². The highest BCUT2D eigenvalue weighted by molar-refractivity contribution is 4.50. The van der Waals surface area contributed by atoms with Gasteiger partial charge in [-0.25, -0.2) is 0 Å². The number of halogens is 1. The minimum Gasteiger partial charge on any atom is -0.344 e. The van der Waals surface area contributed by atoms with Gasteiger partial charge in [0.1, 0.15) is 0 Å². The van der Waals surface area contributed by atoms with Crippen molar-refractivity contribution in [2.75, 3.05) is 0 Å². The molecule has 0 saturated heterocycles. The van der Waals surface area contributed by atoms with Gasteiger partial charge in [0, 0.05) is 0 Å². The van der Waals surface area contributed by atoms with Crippen LogP contribution in [0.4, 0.5) is 4.70 Å². The van der Waals surface area contributed by atoms with Crippen molar-refractivity contribution in [2.45, 2.75) is 25.7 Å². The molecule has 1 nitrogen and oxygen atoms in total. The molecule has 0 aromatic carbocycles. The molecule has 0 radical (unpaired) electrons. The monoisotopic (exact) mass is 93.1 g/mol. The van der Waals surface area contributed by atoms with Crippen molar-refractivity contribution in [3.8, 4) is 0 Å². The molecule has 0 atom stereocenters. The summed E-state index contributed by atoms with van der Waals surface area (Å²) in [6, 6.07) is 0. The van der Waals surface area contributed by atoms with Gasteiger partial charge in [-0.15, -0.1) is 0 Å². The van der Waals surface area contributed by atoms with E-state index in [-0.39, 0.29) is 10.9 Å². The van der Waals surface area contributed by atoms with E-state index in [1.165, 1.54) is 25.7 Å². The lowest BCUT2D eigenvalue weighted by molar-refractivity contribution is 0.504.